The third-order valence-electron chi connectivity index (χ3n) is 12.0. The molecule has 2 aromatic rings. The van der Waals surface area contributed by atoms with E-state index in [1.165, 1.54) is 11.1 Å². The van der Waals surface area contributed by atoms with Crippen LogP contribution in [0.25, 0.3) is 9.69 Å². The number of methoxy groups -OCH3 is 3. The highest BCUT2D eigenvalue weighted by Crippen LogP contribution is 2.55. The van der Waals surface area contributed by atoms with Crippen LogP contribution in [0, 0.1) is 30.9 Å². The molecule has 4 aliphatic rings. The summed E-state index contributed by atoms with van der Waals surface area (Å²) < 4.78 is 41.2. The zero-order chi connectivity index (χ0) is 41.6. The van der Waals surface area contributed by atoms with Crippen molar-refractivity contribution in [1.29, 1.82) is 0 Å². The average Bonchev–Trinajstić information content (AvgIpc) is 3.19. The molecule has 56 heavy (non-hydrogen) atoms. The average molecular weight is 789 g/mol. The number of hydrogen-bond acceptors (Lipinski definition) is 9. The van der Waals surface area contributed by atoms with E-state index in [2.05, 4.69) is 47.9 Å². The lowest BCUT2D eigenvalue weighted by atomic mass is 9.58. The Hall–Kier alpha value is -4.76. The van der Waals surface area contributed by atoms with E-state index in [0.29, 0.717) is 50.2 Å². The molecule has 6 rings (SSSR count). The Labute approximate surface area is 332 Å². The van der Waals surface area contributed by atoms with Crippen LogP contribution in [0.4, 0.5) is 0 Å². The highest BCUT2D eigenvalue weighted by molar-refractivity contribution is 7.84. The van der Waals surface area contributed by atoms with Gasteiger partial charge in [0.2, 0.25) is 11.8 Å². The molecule has 2 heterocycles. The smallest absolute Gasteiger partial charge is 0.416 e. The Morgan fingerprint density at radius 2 is 1.46 bits per heavy atom. The van der Waals surface area contributed by atoms with Gasteiger partial charge in [-0.05, 0) is 73.1 Å². The van der Waals surface area contributed by atoms with Crippen LogP contribution in [0.5, 0.6) is 11.8 Å². The maximum absolute atomic E-state index is 11.8. The van der Waals surface area contributed by atoms with Crippen molar-refractivity contribution in [2.75, 3.05) is 41.0 Å². The minimum Gasteiger partial charge on any atom is -0.603 e. The van der Waals surface area contributed by atoms with Crippen molar-refractivity contribution in [1.82, 2.24) is 9.97 Å². The second-order valence-electron chi connectivity index (χ2n) is 14.6. The number of hydrogen-bond donors (Lipinski definition) is 1. The summed E-state index contributed by atoms with van der Waals surface area (Å²) in [5.74, 6) is 1.60. The van der Waals surface area contributed by atoms with Gasteiger partial charge in [0.25, 0.3) is 11.1 Å². The van der Waals surface area contributed by atoms with E-state index in [0.717, 1.165) is 48.0 Å². The number of fused-ring (bicyclic) bond motifs is 8. The van der Waals surface area contributed by atoms with Gasteiger partial charge in [-0.25, -0.2) is 23.1 Å². The highest BCUT2D eigenvalue weighted by atomic mass is 32.2. The zero-order valence-electron chi connectivity index (χ0n) is 34.3. The molecule has 1 N–H and O–H groups in total. The fourth-order valence-corrected chi connectivity index (χ4v) is 10.5. The summed E-state index contributed by atoms with van der Waals surface area (Å²) in [6.07, 6.45) is 7.91. The van der Waals surface area contributed by atoms with Crippen LogP contribution in [0.3, 0.4) is 0 Å². The third kappa shape index (κ3) is 7.67. The molecule has 0 aliphatic heterocycles. The molecule has 0 spiro atoms. The predicted octanol–water partition coefficient (Wildman–Crippen LogP) is 5.87. The Bertz CT molecular complexity index is 2090. The molecule has 3 unspecified atom stereocenters. The molecular formula is C42H56N6O7S. The molecule has 0 saturated heterocycles. The molecule has 4 bridgehead atoms. The molecule has 302 valence electrons. The van der Waals surface area contributed by atoms with Crippen molar-refractivity contribution >= 4 is 16.3 Å². The number of aliphatic hydroxyl groups excluding tert-OH is 1. The van der Waals surface area contributed by atoms with Crippen molar-refractivity contribution < 1.29 is 36.7 Å². The van der Waals surface area contributed by atoms with Crippen LogP contribution in [0.2, 0.25) is 0 Å². The normalized spacial score (nSPS) is 27.7. The summed E-state index contributed by atoms with van der Waals surface area (Å²) in [5, 5.41) is 21.4. The molecule has 14 heteroatoms. The first-order valence-corrected chi connectivity index (χ1v) is 20.5. The lowest BCUT2D eigenvalue weighted by Crippen LogP contribution is -2.51. The Balaban J connectivity index is 0.000000190. The Kier molecular flexibility index (Phi) is 13.8. The van der Waals surface area contributed by atoms with E-state index in [1.54, 1.807) is 35.0 Å². The van der Waals surface area contributed by atoms with Gasteiger partial charge in [-0.2, -0.15) is 3.89 Å². The Morgan fingerprint density at radius 3 is 1.93 bits per heavy atom. The van der Waals surface area contributed by atoms with Crippen LogP contribution >= 0.6 is 0 Å². The molecule has 0 amide bonds. The van der Waals surface area contributed by atoms with Crippen molar-refractivity contribution in [2.45, 2.75) is 91.3 Å². The predicted molar refractivity (Wildman–Crippen MR) is 213 cm³/mol. The fraction of sp³-hybridized carbons (Fsp3) is 0.548. The number of ether oxygens (including phenoxy) is 3. The largest absolute Gasteiger partial charge is 0.603 e. The molecule has 2 aromatic heterocycles. The van der Waals surface area contributed by atoms with Gasteiger partial charge in [0.05, 0.1) is 68.9 Å². The fourth-order valence-electron chi connectivity index (χ4n) is 9.10. The van der Waals surface area contributed by atoms with Gasteiger partial charge < -0.3 is 29.3 Å². The van der Waals surface area contributed by atoms with E-state index < -0.39 is 33.5 Å². The van der Waals surface area contributed by atoms with Gasteiger partial charge >= 0.3 is 10.2 Å². The van der Waals surface area contributed by atoms with Gasteiger partial charge in [-0.3, -0.25) is 4.85 Å². The van der Waals surface area contributed by atoms with Crippen molar-refractivity contribution in [3.05, 3.63) is 105 Å². The van der Waals surface area contributed by atoms with Crippen molar-refractivity contribution in [2.24, 2.45) is 22.2 Å². The summed E-state index contributed by atoms with van der Waals surface area (Å²) in [6, 6.07) is 7.70. The van der Waals surface area contributed by atoms with Gasteiger partial charge in [0.15, 0.2) is 6.08 Å². The Morgan fingerprint density at radius 1 is 0.946 bits per heavy atom. The van der Waals surface area contributed by atoms with E-state index in [4.69, 9.17) is 22.6 Å². The monoisotopic (exact) mass is 788 g/mol. The lowest BCUT2D eigenvalue weighted by Gasteiger charge is -2.45. The molecule has 1 saturated carbocycles. The summed E-state index contributed by atoms with van der Waals surface area (Å²) in [4.78, 5) is 17.2. The molecule has 1 fully saturated rings. The standard InChI is InChI=1S/C17H20N2O2.C17H18N2O.C8H18N2O4S/c1-5-12-11-8-14-13(6-7-15(19-14)21-4)17(12,18-3)9-10(2)16(11)20;1-5-13-12-8-11(2)10-17(13,18-3)14-6-7-16(20-4)19-15(14)9-12;1-5-10(6-2,7-3)15(12,13)9-8(11)14-4/h5-7,10-11,16,20H,8-9H2,1-2,4H3;5-8,12H,9-10H2,1-2,4H3;5-7H2,1-4H3/b12-5+;13-5+;/t10?,11-,16-,17?;12-,17?;/m11./s1. The van der Waals surface area contributed by atoms with E-state index in [9.17, 15) is 18.6 Å². The minimum atomic E-state index is -3.86. The van der Waals surface area contributed by atoms with E-state index in [1.807, 2.05) is 51.1 Å². The first-order chi connectivity index (χ1) is 26.6. The molecular weight excluding hydrogens is 733 g/mol. The van der Waals surface area contributed by atoms with Crippen molar-refractivity contribution in [3.63, 3.8) is 0 Å². The summed E-state index contributed by atoms with van der Waals surface area (Å²) in [5.41, 5.74) is 6.34. The van der Waals surface area contributed by atoms with E-state index >= 15 is 0 Å². The number of aromatic nitrogens is 2. The highest BCUT2D eigenvalue weighted by Gasteiger charge is 2.58. The maximum atomic E-state index is 11.8. The van der Waals surface area contributed by atoms with Crippen molar-refractivity contribution in [3.8, 4) is 11.8 Å². The van der Waals surface area contributed by atoms with Crippen LogP contribution in [-0.2, 0) is 38.9 Å². The minimum absolute atomic E-state index is 0.0139. The summed E-state index contributed by atoms with van der Waals surface area (Å²) >= 11 is 0. The number of aliphatic hydroxyl groups is 1. The third-order valence-corrected chi connectivity index (χ3v) is 14.1. The van der Waals surface area contributed by atoms with Gasteiger partial charge in [-0.1, -0.05) is 35.1 Å². The lowest BCUT2D eigenvalue weighted by molar-refractivity contribution is -0.800. The number of nitrogens with zero attached hydrogens (tertiary/aromatic N) is 6. The van der Waals surface area contributed by atoms with Gasteiger partial charge in [0, 0.05) is 48.0 Å². The second-order valence-corrected chi connectivity index (χ2v) is 16.5. The van der Waals surface area contributed by atoms with Crippen LogP contribution in [0.1, 0.15) is 83.8 Å². The van der Waals surface area contributed by atoms with E-state index in [-0.39, 0.29) is 15.7 Å². The second kappa shape index (κ2) is 17.6. The SMILES string of the molecule is CC[N+](CC)(CC)S(=O)(=O)N=C([O-])OC.[C-]#[N+]C12CC(C)=C[C@H](Cc3nc(OC)ccc31)/C2=C\C.[C-]#[N+]C12CC(C)[C@@H](O)[C@H](Cc3nc(OC)ccc31)/C2=C\C. The van der Waals surface area contributed by atoms with Gasteiger partial charge in [0.1, 0.15) is 0 Å². The summed E-state index contributed by atoms with van der Waals surface area (Å²) in [6.45, 7) is 30.2. The molecule has 6 atom stereocenters. The van der Waals surface area contributed by atoms with Crippen LogP contribution in [0.15, 0.2) is 63.6 Å². The number of pyridine rings is 2. The number of quaternary nitrogens is 1. The van der Waals surface area contributed by atoms with Gasteiger partial charge in [-0.15, -0.1) is 8.42 Å². The van der Waals surface area contributed by atoms with Crippen LogP contribution < -0.4 is 14.6 Å². The molecule has 0 aromatic carbocycles. The quantitative estimate of drug-likeness (QED) is 0.120. The first-order valence-electron chi connectivity index (χ1n) is 19.1. The molecule has 4 aliphatic carbocycles. The molecule has 13 nitrogen and oxygen atoms in total. The topological polar surface area (TPSA) is 152 Å². The number of rotatable bonds is 7. The maximum Gasteiger partial charge on any atom is 0.416 e. The first kappa shape index (κ1) is 44.0. The molecule has 0 radical (unpaired) electrons. The summed E-state index contributed by atoms with van der Waals surface area (Å²) in [7, 11) is 0.463. The van der Waals surface area contributed by atoms with Crippen LogP contribution in [-0.4, -0.2) is 80.5 Å². The number of allylic oxidation sites excluding steroid dienone is 3. The zero-order valence-corrected chi connectivity index (χ0v) is 35.1.